The van der Waals surface area contributed by atoms with Crippen LogP contribution in [0.3, 0.4) is 0 Å². The minimum atomic E-state index is -0.119. The zero-order chi connectivity index (χ0) is 14.5. The van der Waals surface area contributed by atoms with E-state index in [-0.39, 0.29) is 5.82 Å². The molecule has 21 heavy (non-hydrogen) atoms. The summed E-state index contributed by atoms with van der Waals surface area (Å²) in [6.45, 7) is 0. The maximum absolute atomic E-state index is 12.9. The number of rotatable bonds is 4. The van der Waals surface area contributed by atoms with Crippen molar-refractivity contribution in [1.82, 2.24) is 0 Å². The van der Waals surface area contributed by atoms with Gasteiger partial charge in [-0.3, -0.25) is 0 Å². The summed E-state index contributed by atoms with van der Waals surface area (Å²) in [5, 5.41) is 0. The van der Waals surface area contributed by atoms with Gasteiger partial charge in [-0.15, -0.1) is 0 Å². The molecule has 2 aliphatic carbocycles. The summed E-state index contributed by atoms with van der Waals surface area (Å²) in [5.41, 5.74) is 1.30. The van der Waals surface area contributed by atoms with E-state index in [1.165, 1.54) is 69.8 Å². The lowest BCUT2D eigenvalue weighted by atomic mass is 9.70. The van der Waals surface area contributed by atoms with Crippen LogP contribution in [-0.4, -0.2) is 0 Å². The van der Waals surface area contributed by atoms with E-state index in [1.807, 2.05) is 12.1 Å². The Kier molecular flexibility index (Phi) is 5.32. The van der Waals surface area contributed by atoms with Crippen LogP contribution in [-0.2, 0) is 6.42 Å². The van der Waals surface area contributed by atoms with Gasteiger partial charge in [0, 0.05) is 0 Å². The molecule has 0 spiro atoms. The van der Waals surface area contributed by atoms with Gasteiger partial charge < -0.3 is 0 Å². The Morgan fingerprint density at radius 3 is 2.05 bits per heavy atom. The van der Waals surface area contributed by atoms with Crippen molar-refractivity contribution in [3.63, 3.8) is 0 Å². The second kappa shape index (κ2) is 7.42. The molecular weight excluding hydrogens is 259 g/mol. The lowest BCUT2D eigenvalue weighted by molar-refractivity contribution is 0.163. The summed E-state index contributed by atoms with van der Waals surface area (Å²) >= 11 is 0. The Labute approximate surface area is 129 Å². The van der Waals surface area contributed by atoms with Gasteiger partial charge in [0.05, 0.1) is 0 Å². The number of aryl methyl sites for hydroxylation is 1. The second-order valence-corrected chi connectivity index (χ2v) is 7.34. The molecule has 0 unspecified atom stereocenters. The second-order valence-electron chi connectivity index (χ2n) is 7.34. The van der Waals surface area contributed by atoms with Crippen molar-refractivity contribution >= 4 is 0 Å². The molecule has 1 aromatic carbocycles. The lowest BCUT2D eigenvalue weighted by Gasteiger charge is -2.36. The van der Waals surface area contributed by atoms with Crippen molar-refractivity contribution < 1.29 is 4.39 Å². The third-order valence-corrected chi connectivity index (χ3v) is 5.96. The largest absolute Gasteiger partial charge is 0.207 e. The molecule has 1 aromatic rings. The fourth-order valence-corrected chi connectivity index (χ4v) is 4.58. The van der Waals surface area contributed by atoms with E-state index >= 15 is 0 Å². The van der Waals surface area contributed by atoms with Crippen LogP contribution in [0.1, 0.15) is 69.8 Å². The average Bonchev–Trinajstić information content (AvgIpc) is 2.56. The highest BCUT2D eigenvalue weighted by atomic mass is 19.1. The minimum absolute atomic E-state index is 0.119. The zero-order valence-electron chi connectivity index (χ0n) is 13.2. The zero-order valence-corrected chi connectivity index (χ0v) is 13.2. The Balaban J connectivity index is 1.40. The third-order valence-electron chi connectivity index (χ3n) is 5.96. The van der Waals surface area contributed by atoms with Gasteiger partial charge >= 0.3 is 0 Å². The number of hydrogen-bond donors (Lipinski definition) is 0. The summed E-state index contributed by atoms with van der Waals surface area (Å²) in [5.74, 6) is 2.88. The molecule has 116 valence electrons. The molecule has 0 heterocycles. The van der Waals surface area contributed by atoms with Gasteiger partial charge in [-0.1, -0.05) is 57.1 Å². The first-order valence-electron chi connectivity index (χ1n) is 9.05. The maximum atomic E-state index is 12.9. The Morgan fingerprint density at radius 1 is 0.762 bits per heavy atom. The molecule has 1 heteroatoms. The Bertz CT molecular complexity index is 408. The van der Waals surface area contributed by atoms with Crippen molar-refractivity contribution in [2.45, 2.75) is 70.6 Å². The lowest BCUT2D eigenvalue weighted by Crippen LogP contribution is -2.23. The SMILES string of the molecule is Fc1ccc(CCC2CCC(C3CCCCC3)CC2)cc1. The average molecular weight is 288 g/mol. The number of halogens is 1. The van der Waals surface area contributed by atoms with Crippen LogP contribution in [0.2, 0.25) is 0 Å². The smallest absolute Gasteiger partial charge is 0.123 e. The van der Waals surface area contributed by atoms with Crippen LogP contribution < -0.4 is 0 Å². The molecule has 0 aromatic heterocycles. The first-order chi connectivity index (χ1) is 10.3. The molecule has 0 nitrogen and oxygen atoms in total. The van der Waals surface area contributed by atoms with Crippen LogP contribution in [0.5, 0.6) is 0 Å². The predicted molar refractivity (Wildman–Crippen MR) is 86.7 cm³/mol. The molecule has 2 saturated carbocycles. The van der Waals surface area contributed by atoms with Gasteiger partial charge in [-0.2, -0.15) is 0 Å². The van der Waals surface area contributed by atoms with Crippen molar-refractivity contribution in [2.24, 2.45) is 17.8 Å². The molecule has 0 saturated heterocycles. The van der Waals surface area contributed by atoms with E-state index < -0.39 is 0 Å². The topological polar surface area (TPSA) is 0 Å². The quantitative estimate of drug-likeness (QED) is 0.623. The standard InChI is InChI=1S/C20H29F/c21-20-14-10-17(11-15-20)7-6-16-8-12-19(13-9-16)18-4-2-1-3-5-18/h10-11,14-16,18-19H,1-9,12-13H2. The van der Waals surface area contributed by atoms with Crippen LogP contribution >= 0.6 is 0 Å². The van der Waals surface area contributed by atoms with E-state index in [9.17, 15) is 4.39 Å². The summed E-state index contributed by atoms with van der Waals surface area (Å²) in [4.78, 5) is 0. The van der Waals surface area contributed by atoms with E-state index in [2.05, 4.69) is 0 Å². The van der Waals surface area contributed by atoms with Gasteiger partial charge in [0.2, 0.25) is 0 Å². The molecule has 0 amide bonds. The highest BCUT2D eigenvalue weighted by Crippen LogP contribution is 2.40. The van der Waals surface area contributed by atoms with Crippen LogP contribution in [0.15, 0.2) is 24.3 Å². The third kappa shape index (κ3) is 4.31. The molecular formula is C20H29F. The van der Waals surface area contributed by atoms with Gasteiger partial charge in [0.25, 0.3) is 0 Å². The highest BCUT2D eigenvalue weighted by molar-refractivity contribution is 5.16. The van der Waals surface area contributed by atoms with E-state index in [4.69, 9.17) is 0 Å². The molecule has 0 aliphatic heterocycles. The Morgan fingerprint density at radius 2 is 1.38 bits per heavy atom. The van der Waals surface area contributed by atoms with Crippen molar-refractivity contribution in [1.29, 1.82) is 0 Å². The summed E-state index contributed by atoms with van der Waals surface area (Å²) < 4.78 is 12.9. The van der Waals surface area contributed by atoms with Crippen molar-refractivity contribution in [3.8, 4) is 0 Å². The van der Waals surface area contributed by atoms with Gasteiger partial charge in [0.15, 0.2) is 0 Å². The fourth-order valence-electron chi connectivity index (χ4n) is 4.58. The Hall–Kier alpha value is -0.850. The summed E-state index contributed by atoms with van der Waals surface area (Å²) in [6.07, 6.45) is 15.7. The maximum Gasteiger partial charge on any atom is 0.123 e. The molecule has 0 bridgehead atoms. The van der Waals surface area contributed by atoms with Gasteiger partial charge in [0.1, 0.15) is 5.82 Å². The summed E-state index contributed by atoms with van der Waals surface area (Å²) in [6, 6.07) is 7.08. The van der Waals surface area contributed by atoms with Crippen LogP contribution in [0.4, 0.5) is 4.39 Å². The molecule has 2 fully saturated rings. The van der Waals surface area contributed by atoms with Crippen molar-refractivity contribution in [3.05, 3.63) is 35.6 Å². The first-order valence-corrected chi connectivity index (χ1v) is 9.05. The monoisotopic (exact) mass is 288 g/mol. The van der Waals surface area contributed by atoms with E-state index in [0.29, 0.717) is 0 Å². The summed E-state index contributed by atoms with van der Waals surface area (Å²) in [7, 11) is 0. The van der Waals surface area contributed by atoms with Crippen LogP contribution in [0.25, 0.3) is 0 Å². The molecule has 3 rings (SSSR count). The van der Waals surface area contributed by atoms with E-state index in [0.717, 1.165) is 24.2 Å². The molecule has 0 N–H and O–H groups in total. The van der Waals surface area contributed by atoms with Gasteiger partial charge in [-0.25, -0.2) is 4.39 Å². The van der Waals surface area contributed by atoms with Crippen LogP contribution in [0, 0.1) is 23.6 Å². The minimum Gasteiger partial charge on any atom is -0.207 e. The predicted octanol–water partition coefficient (Wildman–Crippen LogP) is 6.15. The number of hydrogen-bond acceptors (Lipinski definition) is 0. The normalized spacial score (nSPS) is 27.7. The first kappa shape index (κ1) is 15.1. The molecule has 2 aliphatic rings. The number of benzene rings is 1. The molecule has 0 radical (unpaired) electrons. The van der Waals surface area contributed by atoms with Crippen molar-refractivity contribution in [2.75, 3.05) is 0 Å². The fraction of sp³-hybridized carbons (Fsp3) is 0.700. The highest BCUT2D eigenvalue weighted by Gasteiger charge is 2.28. The van der Waals surface area contributed by atoms with E-state index in [1.54, 1.807) is 12.1 Å². The van der Waals surface area contributed by atoms with Gasteiger partial charge in [-0.05, 0) is 61.1 Å². The molecule has 0 atom stereocenters.